The molecular weight excluding hydrogens is 507 g/mol. The highest BCUT2D eigenvalue weighted by molar-refractivity contribution is 6.06. The summed E-state index contributed by atoms with van der Waals surface area (Å²) in [6.45, 7) is 2.60. The summed E-state index contributed by atoms with van der Waals surface area (Å²) in [5.41, 5.74) is 4.89. The smallest absolute Gasteiger partial charge is 0.234 e. The second kappa shape index (κ2) is 11.3. The summed E-state index contributed by atoms with van der Waals surface area (Å²) >= 11 is 0. The topological polar surface area (TPSA) is 79.7 Å². The standard InChI is InChI=1S/C33H37FN2O4/c1-2-21-18-24-31(33(39)36(32(24)38)23-8-4-3-5-9-23)25-19-40-29(30(21)25)14-12-22(27-10-6-7-15-35-27)16-20-11-13-28(37)26(34)17-20/h6-7,10-11,13,15-17,23-25,29,31,37H,2-5,8-9,12,14,18-19H2,1H3/b22-16-/t24-,25+,29-,31-/m1/s1. The van der Waals surface area contributed by atoms with Crippen LogP contribution in [-0.2, 0) is 14.3 Å². The minimum Gasteiger partial charge on any atom is -0.505 e. The first-order valence-electron chi connectivity index (χ1n) is 14.8. The Morgan fingerprint density at radius 3 is 2.67 bits per heavy atom. The molecule has 40 heavy (non-hydrogen) atoms. The highest BCUT2D eigenvalue weighted by atomic mass is 19.1. The zero-order chi connectivity index (χ0) is 27.8. The van der Waals surface area contributed by atoms with Crippen LogP contribution in [0.25, 0.3) is 11.6 Å². The minimum absolute atomic E-state index is 0.0206. The van der Waals surface area contributed by atoms with Crippen molar-refractivity contribution in [2.75, 3.05) is 6.61 Å². The van der Waals surface area contributed by atoms with Gasteiger partial charge >= 0.3 is 0 Å². The number of phenolic OH excluding ortho intramolecular Hbond substituents is 1. The Hall–Kier alpha value is -3.32. The third-order valence-electron chi connectivity index (χ3n) is 9.39. The van der Waals surface area contributed by atoms with Gasteiger partial charge in [-0.3, -0.25) is 19.5 Å². The molecule has 2 aliphatic carbocycles. The van der Waals surface area contributed by atoms with Gasteiger partial charge in [0.2, 0.25) is 11.8 Å². The van der Waals surface area contributed by atoms with Gasteiger partial charge < -0.3 is 9.84 Å². The van der Waals surface area contributed by atoms with Gasteiger partial charge in [0, 0.05) is 18.2 Å². The number of phenols is 1. The number of pyridine rings is 1. The normalized spacial score (nSPS) is 27.4. The largest absolute Gasteiger partial charge is 0.505 e. The van der Waals surface area contributed by atoms with E-state index in [9.17, 15) is 19.1 Å². The monoisotopic (exact) mass is 544 g/mol. The van der Waals surface area contributed by atoms with E-state index in [0.717, 1.165) is 43.4 Å². The van der Waals surface area contributed by atoms with E-state index in [1.807, 2.05) is 24.3 Å². The number of hydrogen-bond donors (Lipinski definition) is 1. The molecule has 210 valence electrons. The van der Waals surface area contributed by atoms with E-state index in [4.69, 9.17) is 4.74 Å². The van der Waals surface area contributed by atoms with E-state index in [0.29, 0.717) is 31.4 Å². The van der Waals surface area contributed by atoms with Crippen molar-refractivity contribution in [1.82, 2.24) is 9.88 Å². The lowest BCUT2D eigenvalue weighted by Crippen LogP contribution is -2.42. The summed E-state index contributed by atoms with van der Waals surface area (Å²) in [6, 6.07) is 10.1. The maximum absolute atomic E-state index is 14.1. The minimum atomic E-state index is -0.663. The van der Waals surface area contributed by atoms with E-state index in [-0.39, 0.29) is 47.5 Å². The molecule has 4 aliphatic rings. The number of allylic oxidation sites excluding steroid dienone is 2. The number of carbonyl (C=O) groups is 2. The number of likely N-dealkylation sites (tertiary alicyclic amines) is 1. The number of halogens is 1. The Kier molecular flexibility index (Phi) is 7.58. The summed E-state index contributed by atoms with van der Waals surface area (Å²) in [5, 5.41) is 9.61. The summed E-state index contributed by atoms with van der Waals surface area (Å²) in [5.74, 6) is -1.59. The van der Waals surface area contributed by atoms with Crippen molar-refractivity contribution >= 4 is 23.5 Å². The van der Waals surface area contributed by atoms with Crippen LogP contribution in [0, 0.1) is 23.6 Å². The number of aromatic hydroxyl groups is 1. The maximum atomic E-state index is 14.1. The van der Waals surface area contributed by atoms with Crippen LogP contribution in [0.4, 0.5) is 4.39 Å². The van der Waals surface area contributed by atoms with Gasteiger partial charge in [-0.15, -0.1) is 0 Å². The van der Waals surface area contributed by atoms with Crippen molar-refractivity contribution in [2.24, 2.45) is 17.8 Å². The number of nitrogens with zero attached hydrogens (tertiary/aromatic N) is 2. The second-order valence-electron chi connectivity index (χ2n) is 11.6. The van der Waals surface area contributed by atoms with Gasteiger partial charge in [0.05, 0.1) is 30.2 Å². The summed E-state index contributed by atoms with van der Waals surface area (Å²) in [7, 11) is 0. The molecular formula is C33H37FN2O4. The summed E-state index contributed by atoms with van der Waals surface area (Å²) < 4.78 is 20.5. The molecule has 0 radical (unpaired) electrons. The van der Waals surface area contributed by atoms with Crippen LogP contribution in [0.5, 0.6) is 5.75 Å². The Morgan fingerprint density at radius 2 is 1.95 bits per heavy atom. The molecule has 7 heteroatoms. The van der Waals surface area contributed by atoms with Crippen molar-refractivity contribution in [2.45, 2.75) is 76.9 Å². The summed E-state index contributed by atoms with van der Waals surface area (Å²) in [4.78, 5) is 33.5. The van der Waals surface area contributed by atoms with Crippen LogP contribution in [0.1, 0.15) is 76.0 Å². The molecule has 1 N–H and O–H groups in total. The average Bonchev–Trinajstić information content (AvgIpc) is 3.51. The van der Waals surface area contributed by atoms with Crippen LogP contribution >= 0.6 is 0 Å². The highest BCUT2D eigenvalue weighted by Gasteiger charge is 2.57. The number of carbonyl (C=O) groups excluding carboxylic acids is 2. The summed E-state index contributed by atoms with van der Waals surface area (Å²) in [6.07, 6.45) is 11.5. The molecule has 6 rings (SSSR count). The van der Waals surface area contributed by atoms with Crippen molar-refractivity contribution < 1.29 is 23.8 Å². The number of imide groups is 1. The number of fused-ring (bicyclic) bond motifs is 3. The van der Waals surface area contributed by atoms with E-state index in [1.165, 1.54) is 29.7 Å². The van der Waals surface area contributed by atoms with Gasteiger partial charge in [-0.2, -0.15) is 0 Å². The maximum Gasteiger partial charge on any atom is 0.234 e. The van der Waals surface area contributed by atoms with Crippen molar-refractivity contribution in [1.29, 1.82) is 0 Å². The lowest BCUT2D eigenvalue weighted by atomic mass is 9.69. The van der Waals surface area contributed by atoms with E-state index < -0.39 is 5.82 Å². The molecule has 6 nitrogen and oxygen atoms in total. The van der Waals surface area contributed by atoms with E-state index in [1.54, 1.807) is 17.2 Å². The molecule has 1 aromatic heterocycles. The predicted octanol–water partition coefficient (Wildman–Crippen LogP) is 6.31. The Bertz CT molecular complexity index is 1350. The third kappa shape index (κ3) is 4.89. The number of ether oxygens (including phenoxy) is 1. The van der Waals surface area contributed by atoms with Gasteiger partial charge in [0.25, 0.3) is 0 Å². The number of hydrogen-bond acceptors (Lipinski definition) is 5. The highest BCUT2D eigenvalue weighted by Crippen LogP contribution is 2.51. The van der Waals surface area contributed by atoms with Gasteiger partial charge in [-0.1, -0.05) is 43.9 Å². The number of rotatable bonds is 7. The number of benzene rings is 1. The van der Waals surface area contributed by atoms with Crippen LogP contribution in [0.3, 0.4) is 0 Å². The first kappa shape index (κ1) is 26.9. The molecule has 2 amide bonds. The molecule has 0 spiro atoms. The molecule has 1 aromatic carbocycles. The number of amides is 2. The fourth-order valence-electron chi connectivity index (χ4n) is 7.46. The van der Waals surface area contributed by atoms with Crippen LogP contribution in [0.2, 0.25) is 0 Å². The van der Waals surface area contributed by atoms with Gasteiger partial charge in [0.15, 0.2) is 11.6 Å². The molecule has 1 saturated carbocycles. The van der Waals surface area contributed by atoms with Crippen molar-refractivity contribution in [3.05, 3.63) is 70.8 Å². The molecule has 0 bridgehead atoms. The molecule has 0 unspecified atom stereocenters. The average molecular weight is 545 g/mol. The zero-order valence-electron chi connectivity index (χ0n) is 23.0. The second-order valence-corrected chi connectivity index (χ2v) is 11.6. The Balaban J connectivity index is 1.25. The van der Waals surface area contributed by atoms with Crippen molar-refractivity contribution in [3.8, 4) is 5.75 Å². The van der Waals surface area contributed by atoms with Crippen LogP contribution in [0.15, 0.2) is 53.7 Å². The molecule has 3 heterocycles. The van der Waals surface area contributed by atoms with Crippen LogP contribution < -0.4 is 0 Å². The SMILES string of the molecule is CCC1=C2[C@@H](CC/C(=C/c3ccc(O)c(F)c3)c3ccccn3)OC[C@@H]2[C@@H]2C(=O)N(C3CCCCC3)C(=O)[C@@H]2C1. The molecule has 4 atom stereocenters. The number of aromatic nitrogens is 1. The van der Waals surface area contributed by atoms with E-state index >= 15 is 0 Å². The van der Waals surface area contributed by atoms with Crippen LogP contribution in [-0.4, -0.2) is 45.6 Å². The Morgan fingerprint density at radius 1 is 1.12 bits per heavy atom. The lowest BCUT2D eigenvalue weighted by molar-refractivity contribution is -0.143. The predicted molar refractivity (Wildman–Crippen MR) is 150 cm³/mol. The van der Waals surface area contributed by atoms with Crippen molar-refractivity contribution in [3.63, 3.8) is 0 Å². The quantitative estimate of drug-likeness (QED) is 0.327. The van der Waals surface area contributed by atoms with Gasteiger partial charge in [0.1, 0.15) is 0 Å². The third-order valence-corrected chi connectivity index (χ3v) is 9.39. The molecule has 2 aliphatic heterocycles. The fraction of sp³-hybridized carbons (Fsp3) is 0.485. The van der Waals surface area contributed by atoms with Gasteiger partial charge in [-0.05, 0) is 85.6 Å². The van der Waals surface area contributed by atoms with E-state index in [2.05, 4.69) is 11.9 Å². The fourth-order valence-corrected chi connectivity index (χ4v) is 7.46. The molecule has 3 fully saturated rings. The Labute approximate surface area is 234 Å². The first-order chi connectivity index (χ1) is 19.5. The molecule has 2 aromatic rings. The van der Waals surface area contributed by atoms with Gasteiger partial charge in [-0.25, -0.2) is 4.39 Å². The first-order valence-corrected chi connectivity index (χ1v) is 14.8. The lowest BCUT2D eigenvalue weighted by Gasteiger charge is -2.31. The molecule has 2 saturated heterocycles. The zero-order valence-corrected chi connectivity index (χ0v) is 23.0.